The van der Waals surface area contributed by atoms with Crippen LogP contribution in [-0.2, 0) is 38.0 Å². The normalized spacial score (nSPS) is 52.6. The molecule has 19 heteroatoms. The van der Waals surface area contributed by atoms with Crippen molar-refractivity contribution in [2.45, 2.75) is 211 Å². The topological polar surface area (TPSA) is 312 Å². The lowest BCUT2D eigenvalue weighted by molar-refractivity contribution is -0.365. The van der Waals surface area contributed by atoms with Crippen LogP contribution < -0.4 is 0 Å². The summed E-state index contributed by atoms with van der Waals surface area (Å²) in [5.74, 6) is -1.67. The van der Waals surface area contributed by atoms with Gasteiger partial charge in [0.2, 0.25) is 6.29 Å². The minimum atomic E-state index is -1.97. The molecule has 0 amide bonds. The summed E-state index contributed by atoms with van der Waals surface area (Å²) < 4.78 is 35.2. The molecule has 3 aliphatic heterocycles. The summed E-state index contributed by atoms with van der Waals surface area (Å²) in [5.41, 5.74) is -1.24. The molecule has 0 aromatic heterocycles. The Hall–Kier alpha value is -1.92. The van der Waals surface area contributed by atoms with E-state index in [0.717, 1.165) is 50.5 Å². The lowest BCUT2D eigenvalue weighted by Gasteiger charge is -2.72. The van der Waals surface area contributed by atoms with Gasteiger partial charge in [0.1, 0.15) is 67.1 Å². The van der Waals surface area contributed by atoms with E-state index < -0.39 is 134 Å². The van der Waals surface area contributed by atoms with E-state index in [9.17, 15) is 65.8 Å². The van der Waals surface area contributed by atoms with Gasteiger partial charge in [0.05, 0.1) is 24.7 Å². The molecule has 19 nitrogen and oxygen atoms in total. The fourth-order valence-corrected chi connectivity index (χ4v) is 15.1. The first-order valence-corrected chi connectivity index (χ1v) is 24.3. The zero-order valence-corrected chi connectivity index (χ0v) is 39.7. The molecule has 0 unspecified atom stereocenters. The summed E-state index contributed by atoms with van der Waals surface area (Å²) in [5, 5.41) is 115. The molecule has 5 aliphatic carbocycles. The molecule has 0 radical (unpaired) electrons. The first kappa shape index (κ1) is 51.4. The SMILES string of the molecule is CC1(C)C=C2[C@H]3CC[C@@H]4[C@@]5(C)CC[C@H](O[C@@H]6O[C@H](C(=O)O)[C@@H](O)[C@H](O[C@@H]7O[C@H](CO)[C@H](O)[C@H](O)[C@H]7O)[C@H]6O)C(C)(C)[C@@H]5CC[C@@]4(C)[C@]3(C)CC[C@@]2(C(=O)O[C@@H]2O[C@H](CO)[C@@H](O)[C@H](O)[C@H]2O)CC1. The number of aliphatic carboxylic acids is 1. The fraction of sp³-hybridized carbons (Fsp3) is 0.917. The fourth-order valence-electron chi connectivity index (χ4n) is 15.1. The Balaban J connectivity index is 1.01. The first-order chi connectivity index (χ1) is 31.2. The van der Waals surface area contributed by atoms with Crippen molar-refractivity contribution < 1.29 is 94.2 Å². The van der Waals surface area contributed by atoms with Crippen LogP contribution in [0, 0.1) is 50.2 Å². The third kappa shape index (κ3) is 8.06. The van der Waals surface area contributed by atoms with Crippen LogP contribution in [0.15, 0.2) is 11.6 Å². The highest BCUT2D eigenvalue weighted by atomic mass is 16.7. The molecular formula is C48H76O19. The van der Waals surface area contributed by atoms with Gasteiger partial charge < -0.3 is 84.6 Å². The van der Waals surface area contributed by atoms with E-state index in [1.807, 2.05) is 0 Å². The van der Waals surface area contributed by atoms with Crippen molar-refractivity contribution in [3.8, 4) is 0 Å². The molecule has 67 heavy (non-hydrogen) atoms. The second-order valence-electron chi connectivity index (χ2n) is 23.4. The molecule has 3 heterocycles. The van der Waals surface area contributed by atoms with E-state index in [0.29, 0.717) is 19.3 Å². The Bertz CT molecular complexity index is 1870. The number of rotatable bonds is 9. The highest BCUT2D eigenvalue weighted by molar-refractivity contribution is 5.82. The van der Waals surface area contributed by atoms with Crippen LogP contribution in [0.25, 0.3) is 0 Å². The predicted molar refractivity (Wildman–Crippen MR) is 231 cm³/mol. The van der Waals surface area contributed by atoms with Crippen molar-refractivity contribution in [3.63, 3.8) is 0 Å². The Morgan fingerprint density at radius 2 is 1.18 bits per heavy atom. The number of esters is 1. The summed E-state index contributed by atoms with van der Waals surface area (Å²) >= 11 is 0. The number of hydrogen-bond acceptors (Lipinski definition) is 18. The monoisotopic (exact) mass is 956 g/mol. The minimum Gasteiger partial charge on any atom is -0.479 e. The van der Waals surface area contributed by atoms with Crippen LogP contribution in [0.3, 0.4) is 0 Å². The second-order valence-corrected chi connectivity index (χ2v) is 23.4. The van der Waals surface area contributed by atoms with Crippen molar-refractivity contribution in [1.82, 2.24) is 0 Å². The quantitative estimate of drug-likeness (QED) is 0.0838. The van der Waals surface area contributed by atoms with Crippen molar-refractivity contribution in [1.29, 1.82) is 0 Å². The molecule has 0 bridgehead atoms. The molecule has 0 aromatic carbocycles. The van der Waals surface area contributed by atoms with Gasteiger partial charge in [-0.1, -0.05) is 60.1 Å². The number of carbonyl (C=O) groups excluding carboxylic acids is 1. The first-order valence-electron chi connectivity index (χ1n) is 24.3. The summed E-state index contributed by atoms with van der Waals surface area (Å²) in [6.45, 7) is 14.4. The number of fused-ring (bicyclic) bond motifs is 7. The Labute approximate surface area is 391 Å². The summed E-state index contributed by atoms with van der Waals surface area (Å²) in [6.07, 6.45) is -16.3. The average molecular weight is 957 g/mol. The highest BCUT2D eigenvalue weighted by Crippen LogP contribution is 2.76. The summed E-state index contributed by atoms with van der Waals surface area (Å²) in [4.78, 5) is 27.1. The molecule has 0 aromatic rings. The van der Waals surface area contributed by atoms with Crippen LogP contribution in [0.1, 0.15) is 113 Å². The van der Waals surface area contributed by atoms with E-state index >= 15 is 0 Å². The van der Waals surface area contributed by atoms with Crippen LogP contribution in [0.5, 0.6) is 0 Å². The third-order valence-electron chi connectivity index (χ3n) is 19.2. The van der Waals surface area contributed by atoms with Crippen LogP contribution in [-0.4, -0.2) is 180 Å². The number of allylic oxidation sites excluding steroid dienone is 1. The molecule has 8 rings (SSSR count). The molecular weight excluding hydrogens is 881 g/mol. The van der Waals surface area contributed by atoms with E-state index in [-0.39, 0.29) is 39.4 Å². The molecule has 4 saturated carbocycles. The van der Waals surface area contributed by atoms with Crippen molar-refractivity contribution in [2.75, 3.05) is 13.2 Å². The zero-order chi connectivity index (χ0) is 49.1. The second kappa shape index (κ2) is 18.0. The summed E-state index contributed by atoms with van der Waals surface area (Å²) in [7, 11) is 0. The smallest absolute Gasteiger partial charge is 0.335 e. The molecule has 3 saturated heterocycles. The van der Waals surface area contributed by atoms with Gasteiger partial charge >= 0.3 is 11.9 Å². The lowest BCUT2D eigenvalue weighted by atomic mass is 9.32. The molecule has 382 valence electrons. The van der Waals surface area contributed by atoms with Gasteiger partial charge in [0.25, 0.3) is 0 Å². The van der Waals surface area contributed by atoms with Gasteiger partial charge in [-0.2, -0.15) is 0 Å². The van der Waals surface area contributed by atoms with Crippen molar-refractivity contribution in [2.24, 2.45) is 50.2 Å². The molecule has 7 fully saturated rings. The number of aliphatic hydroxyl groups excluding tert-OH is 10. The Morgan fingerprint density at radius 3 is 1.79 bits per heavy atom. The molecule has 0 spiro atoms. The van der Waals surface area contributed by atoms with Crippen molar-refractivity contribution >= 4 is 11.9 Å². The predicted octanol–water partition coefficient (Wildman–Crippen LogP) is 0.233. The maximum absolute atomic E-state index is 14.7. The van der Waals surface area contributed by atoms with Gasteiger partial charge in [-0.3, -0.25) is 4.79 Å². The van der Waals surface area contributed by atoms with Crippen molar-refractivity contribution in [3.05, 3.63) is 11.6 Å². The van der Waals surface area contributed by atoms with Crippen LogP contribution in [0.4, 0.5) is 0 Å². The summed E-state index contributed by atoms with van der Waals surface area (Å²) in [6, 6.07) is 0. The number of ether oxygens (including phenoxy) is 6. The maximum Gasteiger partial charge on any atom is 0.335 e. The standard InChI is InChI=1S/C48H76O19/c1-43(2)14-16-48(42(61)67-40-33(56)31(54)29(52)24(20-50)63-40)17-15-46(6)21(22(48)18-43)8-9-26-45(5)12-11-27(44(3,4)25(45)10-13-47(26,46)7)64-41-35(58)36(34(57)37(66-41)38(59)60)65-39-32(55)30(53)28(51)23(19-49)62-39/h18,21,23-37,39-41,49-58H,8-17,19-20H2,1-7H3,(H,59,60)/t21-,23-,24-,25+,26-,27+,28+,29-,30+,31+,32-,33-,34+,35-,36+,37+,39+,40+,41-,45+,46-,47-,48+/m1/s1. The Kier molecular flexibility index (Phi) is 13.8. The van der Waals surface area contributed by atoms with Gasteiger partial charge in [0.15, 0.2) is 18.7 Å². The third-order valence-corrected chi connectivity index (χ3v) is 19.2. The van der Waals surface area contributed by atoms with Crippen LogP contribution in [0.2, 0.25) is 0 Å². The van der Waals surface area contributed by atoms with Crippen LogP contribution >= 0.6 is 0 Å². The number of carboxylic acid groups (broad SMARTS) is 1. The van der Waals surface area contributed by atoms with E-state index in [1.54, 1.807) is 0 Å². The largest absolute Gasteiger partial charge is 0.479 e. The number of carbonyl (C=O) groups is 2. The maximum atomic E-state index is 14.7. The van der Waals surface area contributed by atoms with Gasteiger partial charge in [0, 0.05) is 0 Å². The van der Waals surface area contributed by atoms with E-state index in [4.69, 9.17) is 28.4 Å². The van der Waals surface area contributed by atoms with Gasteiger partial charge in [-0.05, 0) is 109 Å². The molecule has 8 aliphatic rings. The lowest BCUT2D eigenvalue weighted by Crippen LogP contribution is -2.67. The minimum absolute atomic E-state index is 0.0397. The van der Waals surface area contributed by atoms with Gasteiger partial charge in [-0.25, -0.2) is 4.79 Å². The highest BCUT2D eigenvalue weighted by Gasteiger charge is 2.71. The Morgan fingerprint density at radius 1 is 0.597 bits per heavy atom. The van der Waals surface area contributed by atoms with E-state index in [1.165, 1.54) is 0 Å². The number of aliphatic hydroxyl groups is 10. The van der Waals surface area contributed by atoms with Gasteiger partial charge in [-0.15, -0.1) is 0 Å². The average Bonchev–Trinajstić information content (AvgIpc) is 3.26. The number of hydrogen-bond donors (Lipinski definition) is 11. The van der Waals surface area contributed by atoms with E-state index in [2.05, 4.69) is 54.5 Å². The molecule has 23 atom stereocenters. The molecule has 11 N–H and O–H groups in total. The zero-order valence-electron chi connectivity index (χ0n) is 39.7. The number of carboxylic acids is 1.